The molecule has 1 saturated heterocycles. The van der Waals surface area contributed by atoms with E-state index in [-0.39, 0.29) is 30.2 Å². The molecule has 0 amide bonds. The molecule has 1 aromatic rings. The van der Waals surface area contributed by atoms with E-state index in [2.05, 4.69) is 25.7 Å². The molecule has 0 aromatic heterocycles. The lowest BCUT2D eigenvalue weighted by Crippen LogP contribution is -2.53. The lowest BCUT2D eigenvalue weighted by atomic mass is 10.0. The van der Waals surface area contributed by atoms with Crippen molar-refractivity contribution >= 4 is 5.69 Å². The van der Waals surface area contributed by atoms with Gasteiger partial charge in [0.25, 0.3) is 0 Å². The molecule has 22 heavy (non-hydrogen) atoms. The van der Waals surface area contributed by atoms with Crippen LogP contribution in [0.3, 0.4) is 0 Å². The van der Waals surface area contributed by atoms with E-state index < -0.39 is 11.6 Å². The third-order valence-electron chi connectivity index (χ3n) is 3.90. The fourth-order valence-corrected chi connectivity index (χ4v) is 2.69. The maximum Gasteiger partial charge on any atom is 0.153 e. The summed E-state index contributed by atoms with van der Waals surface area (Å²) in [4.78, 5) is 4.04. The molecule has 124 valence electrons. The first-order valence-electron chi connectivity index (χ1n) is 7.55. The van der Waals surface area contributed by atoms with E-state index in [0.29, 0.717) is 13.1 Å². The number of ether oxygens (including phenoxy) is 1. The smallest absolute Gasteiger partial charge is 0.153 e. The van der Waals surface area contributed by atoms with Crippen molar-refractivity contribution in [3.05, 3.63) is 23.8 Å². The molecule has 0 unspecified atom stereocenters. The summed E-state index contributed by atoms with van der Waals surface area (Å²) in [6, 6.07) is 2.34. The summed E-state index contributed by atoms with van der Waals surface area (Å²) < 4.78 is 33.5. The van der Waals surface area contributed by atoms with E-state index in [4.69, 9.17) is 9.84 Å². The first kappa shape index (κ1) is 17.0. The lowest BCUT2D eigenvalue weighted by Gasteiger charge is -2.43. The standard InChI is InChI=1S/C16H24F2N2O2/c1-16(2,3)20-6-4-19(5-7-20)15-13(17)10-12(11-14(15)18)22-9-8-21/h10-11,21H,4-9H2,1-3H3. The number of hydrogen-bond donors (Lipinski definition) is 1. The van der Waals surface area contributed by atoms with Gasteiger partial charge in [-0.3, -0.25) is 4.90 Å². The Bertz CT molecular complexity index is 486. The van der Waals surface area contributed by atoms with E-state index in [1.54, 1.807) is 4.90 Å². The maximum absolute atomic E-state index is 14.2. The number of aliphatic hydroxyl groups excluding tert-OH is 1. The van der Waals surface area contributed by atoms with Crippen LogP contribution in [0.15, 0.2) is 12.1 Å². The highest BCUT2D eigenvalue weighted by molar-refractivity contribution is 5.52. The summed E-state index contributed by atoms with van der Waals surface area (Å²) in [5.41, 5.74) is 0.0652. The average molecular weight is 314 g/mol. The number of piperazine rings is 1. The molecule has 1 aliphatic heterocycles. The average Bonchev–Trinajstić information content (AvgIpc) is 2.44. The Balaban J connectivity index is 2.10. The van der Waals surface area contributed by atoms with Crippen LogP contribution in [0.4, 0.5) is 14.5 Å². The molecule has 6 heteroatoms. The molecule has 1 aromatic carbocycles. The van der Waals surface area contributed by atoms with Gasteiger partial charge in [0, 0.05) is 43.9 Å². The molecule has 0 saturated carbocycles. The van der Waals surface area contributed by atoms with Crippen LogP contribution in [0.5, 0.6) is 5.75 Å². The molecule has 0 radical (unpaired) electrons. The fourth-order valence-electron chi connectivity index (χ4n) is 2.69. The van der Waals surface area contributed by atoms with Gasteiger partial charge < -0.3 is 14.7 Å². The maximum atomic E-state index is 14.2. The molecule has 2 rings (SSSR count). The van der Waals surface area contributed by atoms with Gasteiger partial charge in [-0.25, -0.2) is 8.78 Å². The first-order valence-corrected chi connectivity index (χ1v) is 7.55. The van der Waals surface area contributed by atoms with Crippen LogP contribution in [-0.4, -0.2) is 54.9 Å². The number of hydrogen-bond acceptors (Lipinski definition) is 4. The van der Waals surface area contributed by atoms with Crippen molar-refractivity contribution in [3.63, 3.8) is 0 Å². The molecule has 0 atom stereocenters. The second kappa shape index (κ2) is 6.79. The van der Waals surface area contributed by atoms with Crippen LogP contribution in [0.1, 0.15) is 20.8 Å². The third kappa shape index (κ3) is 3.87. The van der Waals surface area contributed by atoms with Crippen molar-refractivity contribution in [1.82, 2.24) is 4.90 Å². The highest BCUT2D eigenvalue weighted by atomic mass is 19.1. The van der Waals surface area contributed by atoms with Gasteiger partial charge in [0.15, 0.2) is 11.6 Å². The summed E-state index contributed by atoms with van der Waals surface area (Å²) in [5, 5.41) is 8.69. The molecular formula is C16H24F2N2O2. The van der Waals surface area contributed by atoms with Crippen molar-refractivity contribution in [2.75, 3.05) is 44.3 Å². The van der Waals surface area contributed by atoms with Crippen LogP contribution in [-0.2, 0) is 0 Å². The minimum absolute atomic E-state index is 0.00454. The Morgan fingerprint density at radius 3 is 2.09 bits per heavy atom. The van der Waals surface area contributed by atoms with Crippen molar-refractivity contribution in [3.8, 4) is 5.75 Å². The van der Waals surface area contributed by atoms with Crippen LogP contribution in [0.2, 0.25) is 0 Å². The second-order valence-corrected chi connectivity index (χ2v) is 6.45. The summed E-state index contributed by atoms with van der Waals surface area (Å²) in [6.07, 6.45) is 0. The van der Waals surface area contributed by atoms with Gasteiger partial charge in [0.05, 0.1) is 6.61 Å². The van der Waals surface area contributed by atoms with Crippen LogP contribution < -0.4 is 9.64 Å². The summed E-state index contributed by atoms with van der Waals surface area (Å²) >= 11 is 0. The second-order valence-electron chi connectivity index (χ2n) is 6.45. The zero-order valence-electron chi connectivity index (χ0n) is 13.4. The minimum Gasteiger partial charge on any atom is -0.491 e. The van der Waals surface area contributed by atoms with Gasteiger partial charge in [-0.05, 0) is 20.8 Å². The van der Waals surface area contributed by atoms with Crippen LogP contribution in [0.25, 0.3) is 0 Å². The molecule has 1 heterocycles. The topological polar surface area (TPSA) is 35.9 Å². The van der Waals surface area contributed by atoms with Crippen molar-refractivity contribution in [2.24, 2.45) is 0 Å². The molecule has 0 aliphatic carbocycles. The largest absolute Gasteiger partial charge is 0.491 e. The van der Waals surface area contributed by atoms with Gasteiger partial charge in [-0.15, -0.1) is 0 Å². The summed E-state index contributed by atoms with van der Waals surface area (Å²) in [7, 11) is 0. The Labute approximate surface area is 130 Å². The molecular weight excluding hydrogens is 290 g/mol. The van der Waals surface area contributed by atoms with E-state index in [9.17, 15) is 8.78 Å². The Hall–Kier alpha value is -1.40. The van der Waals surface area contributed by atoms with Gasteiger partial charge in [-0.2, -0.15) is 0 Å². The van der Waals surface area contributed by atoms with Crippen LogP contribution in [0, 0.1) is 11.6 Å². The molecule has 1 fully saturated rings. The van der Waals surface area contributed by atoms with E-state index in [1.165, 1.54) is 12.1 Å². The number of benzene rings is 1. The number of anilines is 1. The van der Waals surface area contributed by atoms with E-state index >= 15 is 0 Å². The number of halogens is 2. The monoisotopic (exact) mass is 314 g/mol. The minimum atomic E-state index is -0.628. The Morgan fingerprint density at radius 2 is 1.64 bits per heavy atom. The zero-order chi connectivity index (χ0) is 16.3. The molecule has 1 aliphatic rings. The molecule has 4 nitrogen and oxygen atoms in total. The third-order valence-corrected chi connectivity index (χ3v) is 3.90. The van der Waals surface area contributed by atoms with Gasteiger partial charge in [0.2, 0.25) is 0 Å². The molecule has 0 spiro atoms. The van der Waals surface area contributed by atoms with E-state index in [0.717, 1.165) is 13.1 Å². The number of rotatable bonds is 4. The first-order chi connectivity index (χ1) is 10.3. The van der Waals surface area contributed by atoms with Gasteiger partial charge in [-0.1, -0.05) is 0 Å². The Kier molecular flexibility index (Phi) is 5.24. The van der Waals surface area contributed by atoms with Gasteiger partial charge >= 0.3 is 0 Å². The van der Waals surface area contributed by atoms with Gasteiger partial charge in [0.1, 0.15) is 18.0 Å². The fraction of sp³-hybridized carbons (Fsp3) is 0.625. The van der Waals surface area contributed by atoms with Crippen molar-refractivity contribution < 1.29 is 18.6 Å². The SMILES string of the molecule is CC(C)(C)N1CCN(c2c(F)cc(OCCO)cc2F)CC1. The van der Waals surface area contributed by atoms with Crippen molar-refractivity contribution in [1.29, 1.82) is 0 Å². The highest BCUT2D eigenvalue weighted by Crippen LogP contribution is 2.29. The summed E-state index contributed by atoms with van der Waals surface area (Å²) in [6.45, 7) is 8.94. The number of aliphatic hydroxyl groups is 1. The number of nitrogens with zero attached hydrogens (tertiary/aromatic N) is 2. The quantitative estimate of drug-likeness (QED) is 0.925. The molecule has 1 N–H and O–H groups in total. The molecule has 0 bridgehead atoms. The highest BCUT2D eigenvalue weighted by Gasteiger charge is 2.28. The predicted octanol–water partition coefficient (Wildman–Crippen LogP) is 2.26. The van der Waals surface area contributed by atoms with Crippen molar-refractivity contribution in [2.45, 2.75) is 26.3 Å². The summed E-state index contributed by atoms with van der Waals surface area (Å²) in [5.74, 6) is -1.16. The predicted molar refractivity (Wildman–Crippen MR) is 82.5 cm³/mol. The zero-order valence-corrected chi connectivity index (χ0v) is 13.4. The Morgan fingerprint density at radius 1 is 1.09 bits per heavy atom. The lowest BCUT2D eigenvalue weighted by molar-refractivity contribution is 0.128. The normalized spacial score (nSPS) is 16.9. The van der Waals surface area contributed by atoms with E-state index in [1.807, 2.05) is 0 Å². The van der Waals surface area contributed by atoms with Crippen LogP contribution >= 0.6 is 0 Å².